The average Bonchev–Trinajstić information content (AvgIpc) is 3.05. The summed E-state index contributed by atoms with van der Waals surface area (Å²) in [6.45, 7) is 5.43. The summed E-state index contributed by atoms with van der Waals surface area (Å²) in [6.07, 6.45) is 11.7. The molecule has 0 radical (unpaired) electrons. The van der Waals surface area contributed by atoms with Crippen LogP contribution >= 0.6 is 0 Å². The Labute approximate surface area is 266 Å². The van der Waals surface area contributed by atoms with E-state index in [1.807, 2.05) is 0 Å². The molecule has 2 aliphatic heterocycles. The molecule has 2 aliphatic rings. The predicted molar refractivity (Wildman–Crippen MR) is 171 cm³/mol. The molecule has 0 saturated carbocycles. The monoisotopic (exact) mass is 624 g/mol. The van der Waals surface area contributed by atoms with E-state index in [0.29, 0.717) is 79.2 Å². The molecular weight excluding hydrogens is 576 g/mol. The molecule has 10 nitrogen and oxygen atoms in total. The number of rotatable bonds is 23. The summed E-state index contributed by atoms with van der Waals surface area (Å²) in [5, 5.41) is 0.791. The lowest BCUT2D eigenvalue weighted by atomic mass is 9.86. The van der Waals surface area contributed by atoms with E-state index in [1.54, 1.807) is 31.4 Å². The molecule has 0 N–H and O–H groups in total. The van der Waals surface area contributed by atoms with E-state index >= 15 is 0 Å². The number of ether oxygens (including phenoxy) is 4. The van der Waals surface area contributed by atoms with Crippen LogP contribution < -0.4 is 0 Å². The van der Waals surface area contributed by atoms with Gasteiger partial charge in [0, 0.05) is 46.7 Å². The molecule has 10 heteroatoms. The number of carbonyl (C=O) groups is 4. The van der Waals surface area contributed by atoms with E-state index in [9.17, 15) is 19.2 Å². The standard InChI is InChI=1S/C35H48N2O8/c1-3-4-5-6-7-8-9-10-11-12-17-36-32(38)26-13-15-28-31-29(16-14-27(30(26)31)33(36)39)35(41)37(34(28)40)18-19-43-22-23-45-25-24-44-21-20-42-2/h13-16H,3-12,17-25H2,1-2H3. The van der Waals surface area contributed by atoms with Gasteiger partial charge in [0.15, 0.2) is 0 Å². The Hall–Kier alpha value is -3.18. The Balaban J connectivity index is 1.29. The molecule has 0 unspecified atom stereocenters. The van der Waals surface area contributed by atoms with Crippen molar-refractivity contribution in [1.29, 1.82) is 0 Å². The smallest absolute Gasteiger partial charge is 0.261 e. The fourth-order valence-corrected chi connectivity index (χ4v) is 5.98. The molecule has 0 spiro atoms. The predicted octanol–water partition coefficient (Wildman–Crippen LogP) is 5.65. The van der Waals surface area contributed by atoms with Crippen LogP contribution in [0.25, 0.3) is 10.8 Å². The molecule has 4 rings (SSSR count). The number of methoxy groups -OCH3 is 1. The zero-order chi connectivity index (χ0) is 32.0. The van der Waals surface area contributed by atoms with E-state index in [2.05, 4.69) is 6.92 Å². The van der Waals surface area contributed by atoms with Crippen molar-refractivity contribution in [2.75, 3.05) is 66.4 Å². The highest BCUT2D eigenvalue weighted by Crippen LogP contribution is 2.37. The normalized spacial score (nSPS) is 14.4. The summed E-state index contributed by atoms with van der Waals surface area (Å²) in [6, 6.07) is 6.43. The number of imide groups is 2. The Bertz CT molecular complexity index is 1260. The topological polar surface area (TPSA) is 112 Å². The van der Waals surface area contributed by atoms with Gasteiger partial charge in [0.25, 0.3) is 23.6 Å². The number of benzene rings is 2. The van der Waals surface area contributed by atoms with Crippen molar-refractivity contribution < 1.29 is 38.1 Å². The first-order chi connectivity index (χ1) is 22.0. The van der Waals surface area contributed by atoms with Crippen LogP contribution in [-0.2, 0) is 18.9 Å². The van der Waals surface area contributed by atoms with Crippen LogP contribution in [0.3, 0.4) is 0 Å². The van der Waals surface area contributed by atoms with Crippen molar-refractivity contribution >= 4 is 34.4 Å². The molecule has 246 valence electrons. The number of amides is 4. The van der Waals surface area contributed by atoms with Crippen LogP contribution in [0.4, 0.5) is 0 Å². The van der Waals surface area contributed by atoms with Crippen LogP contribution in [0, 0.1) is 0 Å². The lowest BCUT2D eigenvalue weighted by Gasteiger charge is -2.32. The largest absolute Gasteiger partial charge is 0.382 e. The van der Waals surface area contributed by atoms with Gasteiger partial charge in [-0.25, -0.2) is 0 Å². The van der Waals surface area contributed by atoms with Crippen molar-refractivity contribution in [3.05, 3.63) is 46.5 Å². The highest BCUT2D eigenvalue weighted by atomic mass is 16.6. The van der Waals surface area contributed by atoms with E-state index in [-0.39, 0.29) is 25.0 Å². The Morgan fingerprint density at radius 3 is 1.24 bits per heavy atom. The second kappa shape index (κ2) is 18.1. The molecule has 0 aromatic heterocycles. The van der Waals surface area contributed by atoms with Gasteiger partial charge in [-0.2, -0.15) is 0 Å². The lowest BCUT2D eigenvalue weighted by Crippen LogP contribution is -2.44. The number of hydrogen-bond donors (Lipinski definition) is 0. The van der Waals surface area contributed by atoms with Crippen molar-refractivity contribution in [3.8, 4) is 0 Å². The molecule has 0 fully saturated rings. The number of carbonyl (C=O) groups excluding carboxylic acids is 4. The van der Waals surface area contributed by atoms with Gasteiger partial charge < -0.3 is 18.9 Å². The lowest BCUT2D eigenvalue weighted by molar-refractivity contribution is 0.00148. The van der Waals surface area contributed by atoms with E-state index in [1.165, 1.54) is 49.8 Å². The van der Waals surface area contributed by atoms with Gasteiger partial charge in [-0.05, 0) is 30.7 Å². The van der Waals surface area contributed by atoms with Crippen LogP contribution in [0.15, 0.2) is 24.3 Å². The van der Waals surface area contributed by atoms with Gasteiger partial charge in [0.1, 0.15) is 0 Å². The SMILES string of the molecule is CCCCCCCCCCCCN1C(=O)c2ccc3c4c(ccc(c24)C1=O)C(=O)N(CCOCCOCCOCCOC)C3=O. The van der Waals surface area contributed by atoms with Gasteiger partial charge >= 0.3 is 0 Å². The molecule has 0 bridgehead atoms. The summed E-state index contributed by atoms with van der Waals surface area (Å²) < 4.78 is 21.3. The zero-order valence-corrected chi connectivity index (χ0v) is 26.9. The fraction of sp³-hybridized carbons (Fsp3) is 0.600. The second-order valence-electron chi connectivity index (χ2n) is 11.6. The highest BCUT2D eigenvalue weighted by molar-refractivity contribution is 6.33. The van der Waals surface area contributed by atoms with E-state index in [0.717, 1.165) is 24.2 Å². The third-order valence-electron chi connectivity index (χ3n) is 8.43. The average molecular weight is 625 g/mol. The minimum atomic E-state index is -0.461. The summed E-state index contributed by atoms with van der Waals surface area (Å²) >= 11 is 0. The van der Waals surface area contributed by atoms with Gasteiger partial charge in [-0.1, -0.05) is 64.7 Å². The third kappa shape index (κ3) is 8.76. The maximum atomic E-state index is 13.5. The van der Waals surface area contributed by atoms with E-state index in [4.69, 9.17) is 18.9 Å². The zero-order valence-electron chi connectivity index (χ0n) is 26.9. The first kappa shape index (κ1) is 34.7. The summed E-state index contributed by atoms with van der Waals surface area (Å²) in [7, 11) is 1.62. The molecular formula is C35H48N2O8. The molecule has 2 aromatic carbocycles. The third-order valence-corrected chi connectivity index (χ3v) is 8.43. The van der Waals surface area contributed by atoms with Crippen LogP contribution in [-0.4, -0.2) is 99.9 Å². The Kier molecular flexibility index (Phi) is 13.9. The number of nitrogens with zero attached hydrogens (tertiary/aromatic N) is 2. The minimum Gasteiger partial charge on any atom is -0.382 e. The molecule has 0 saturated heterocycles. The minimum absolute atomic E-state index is 0.0761. The molecule has 4 amide bonds. The van der Waals surface area contributed by atoms with Crippen molar-refractivity contribution in [2.45, 2.75) is 71.1 Å². The van der Waals surface area contributed by atoms with Crippen molar-refractivity contribution in [3.63, 3.8) is 0 Å². The first-order valence-corrected chi connectivity index (χ1v) is 16.6. The molecule has 0 aliphatic carbocycles. The fourth-order valence-electron chi connectivity index (χ4n) is 5.98. The summed E-state index contributed by atoms with van der Waals surface area (Å²) in [4.78, 5) is 56.3. The van der Waals surface area contributed by atoms with Gasteiger partial charge in [0.05, 0.1) is 52.8 Å². The number of hydrogen-bond acceptors (Lipinski definition) is 8. The van der Waals surface area contributed by atoms with Crippen molar-refractivity contribution in [2.24, 2.45) is 0 Å². The van der Waals surface area contributed by atoms with Gasteiger partial charge in [-0.15, -0.1) is 0 Å². The molecule has 2 aromatic rings. The Morgan fingerprint density at radius 1 is 0.467 bits per heavy atom. The van der Waals surface area contributed by atoms with Gasteiger partial charge in [0.2, 0.25) is 0 Å². The first-order valence-electron chi connectivity index (χ1n) is 16.6. The highest BCUT2D eigenvalue weighted by Gasteiger charge is 2.39. The van der Waals surface area contributed by atoms with Crippen LogP contribution in [0.5, 0.6) is 0 Å². The Morgan fingerprint density at radius 2 is 0.822 bits per heavy atom. The van der Waals surface area contributed by atoms with Crippen LogP contribution in [0.1, 0.15) is 113 Å². The molecule has 2 heterocycles. The summed E-state index contributed by atoms with van der Waals surface area (Å²) in [5.74, 6) is -1.66. The molecule has 45 heavy (non-hydrogen) atoms. The van der Waals surface area contributed by atoms with Gasteiger partial charge in [-0.3, -0.25) is 29.0 Å². The van der Waals surface area contributed by atoms with Crippen molar-refractivity contribution in [1.82, 2.24) is 9.80 Å². The van der Waals surface area contributed by atoms with E-state index < -0.39 is 11.8 Å². The maximum Gasteiger partial charge on any atom is 0.261 e. The quantitative estimate of drug-likeness (QED) is 0.115. The second-order valence-corrected chi connectivity index (χ2v) is 11.6. The van der Waals surface area contributed by atoms with Crippen LogP contribution in [0.2, 0.25) is 0 Å². The molecule has 0 atom stereocenters. The maximum absolute atomic E-state index is 13.5. The number of unbranched alkanes of at least 4 members (excludes halogenated alkanes) is 9. The summed E-state index contributed by atoms with van der Waals surface area (Å²) in [5.41, 5.74) is 1.34.